The number of amides is 1. The first-order valence-corrected chi connectivity index (χ1v) is 9.89. The molecule has 0 saturated carbocycles. The Balaban J connectivity index is 1.45. The van der Waals surface area contributed by atoms with Crippen molar-refractivity contribution < 1.29 is 13.9 Å². The highest BCUT2D eigenvalue weighted by molar-refractivity contribution is 5.85. The molecule has 6 nitrogen and oxygen atoms in total. The summed E-state index contributed by atoms with van der Waals surface area (Å²) in [6.07, 6.45) is 2.02. The number of benzene rings is 2. The summed E-state index contributed by atoms with van der Waals surface area (Å²) in [7, 11) is 1.56. The van der Waals surface area contributed by atoms with E-state index in [9.17, 15) is 9.59 Å². The van der Waals surface area contributed by atoms with Crippen molar-refractivity contribution in [3.8, 4) is 5.75 Å². The van der Waals surface area contributed by atoms with E-state index in [0.717, 1.165) is 16.5 Å². The molecule has 0 aliphatic rings. The molecular weight excluding hydrogens is 380 g/mol. The molecule has 0 aliphatic heterocycles. The van der Waals surface area contributed by atoms with E-state index in [1.54, 1.807) is 13.2 Å². The molecule has 1 amide bonds. The van der Waals surface area contributed by atoms with Crippen molar-refractivity contribution in [2.75, 3.05) is 13.7 Å². The second-order valence-corrected chi connectivity index (χ2v) is 7.40. The smallest absolute Gasteiger partial charge is 0.340 e. The fourth-order valence-corrected chi connectivity index (χ4v) is 3.82. The average Bonchev–Trinajstić information content (AvgIpc) is 3.15. The van der Waals surface area contributed by atoms with Gasteiger partial charge in [0.05, 0.1) is 19.1 Å². The number of hydrogen-bond acceptors (Lipinski definition) is 4. The van der Waals surface area contributed by atoms with Crippen LogP contribution in [0, 0.1) is 13.8 Å². The first-order chi connectivity index (χ1) is 14.5. The number of rotatable bonds is 6. The molecule has 0 fully saturated rings. The van der Waals surface area contributed by atoms with Gasteiger partial charge in [0.2, 0.25) is 5.91 Å². The number of carbonyl (C=O) groups excluding carboxylic acids is 1. The van der Waals surface area contributed by atoms with E-state index >= 15 is 0 Å². The molecule has 6 heteroatoms. The molecule has 0 radical (unpaired) electrons. The van der Waals surface area contributed by atoms with Crippen LogP contribution in [0.5, 0.6) is 5.75 Å². The normalized spacial score (nSPS) is 11.2. The first-order valence-electron chi connectivity index (χ1n) is 9.89. The fraction of sp³-hybridized carbons (Fsp3) is 0.250. The van der Waals surface area contributed by atoms with E-state index in [1.165, 1.54) is 10.9 Å². The Kier molecular flexibility index (Phi) is 5.31. The van der Waals surface area contributed by atoms with Gasteiger partial charge in [-0.2, -0.15) is 0 Å². The molecule has 2 aromatic heterocycles. The number of aryl methyl sites for hydroxylation is 2. The Morgan fingerprint density at radius 3 is 2.77 bits per heavy atom. The van der Waals surface area contributed by atoms with Crippen molar-refractivity contribution in [2.24, 2.45) is 0 Å². The molecule has 0 bridgehead atoms. The molecule has 0 spiro atoms. The third-order valence-electron chi connectivity index (χ3n) is 5.54. The Morgan fingerprint density at radius 1 is 1.13 bits per heavy atom. The number of aromatic nitrogens is 1. The zero-order valence-corrected chi connectivity index (χ0v) is 17.3. The summed E-state index contributed by atoms with van der Waals surface area (Å²) in [5.41, 5.74) is 3.47. The second kappa shape index (κ2) is 8.06. The largest absolute Gasteiger partial charge is 0.497 e. The number of hydrogen-bond donors (Lipinski definition) is 1. The Bertz CT molecular complexity index is 1300. The predicted molar refractivity (Wildman–Crippen MR) is 117 cm³/mol. The minimum Gasteiger partial charge on any atom is -0.497 e. The first kappa shape index (κ1) is 19.8. The highest BCUT2D eigenvalue weighted by atomic mass is 16.5. The average molecular weight is 404 g/mol. The lowest BCUT2D eigenvalue weighted by atomic mass is 10.0. The van der Waals surface area contributed by atoms with Crippen LogP contribution >= 0.6 is 0 Å². The van der Waals surface area contributed by atoms with E-state index in [1.807, 2.05) is 31.3 Å². The van der Waals surface area contributed by atoms with Gasteiger partial charge >= 0.3 is 5.63 Å². The van der Waals surface area contributed by atoms with Gasteiger partial charge in [-0.25, -0.2) is 4.79 Å². The van der Waals surface area contributed by atoms with Crippen LogP contribution in [-0.4, -0.2) is 24.1 Å². The Hall–Kier alpha value is -3.54. The van der Waals surface area contributed by atoms with Crippen molar-refractivity contribution >= 4 is 27.8 Å². The lowest BCUT2D eigenvalue weighted by Gasteiger charge is -2.10. The van der Waals surface area contributed by atoms with E-state index in [0.29, 0.717) is 30.0 Å². The van der Waals surface area contributed by atoms with Gasteiger partial charge in [0.1, 0.15) is 11.3 Å². The highest BCUT2D eigenvalue weighted by Gasteiger charge is 2.15. The monoisotopic (exact) mass is 404 g/mol. The zero-order chi connectivity index (χ0) is 21.3. The number of ether oxygens (including phenoxy) is 1. The van der Waals surface area contributed by atoms with E-state index in [2.05, 4.69) is 35.0 Å². The SMILES string of the molecule is COc1ccc2c(C)c(CC(=O)NCCn3ccc4c(C)cccc43)c(=O)oc2c1. The van der Waals surface area contributed by atoms with Gasteiger partial charge in [-0.3, -0.25) is 4.79 Å². The van der Waals surface area contributed by atoms with Gasteiger partial charge in [0.25, 0.3) is 0 Å². The summed E-state index contributed by atoms with van der Waals surface area (Å²) < 4.78 is 12.7. The van der Waals surface area contributed by atoms with E-state index < -0.39 is 5.63 Å². The van der Waals surface area contributed by atoms with Gasteiger partial charge in [-0.05, 0) is 49.2 Å². The second-order valence-electron chi connectivity index (χ2n) is 7.40. The molecule has 154 valence electrons. The molecule has 30 heavy (non-hydrogen) atoms. The van der Waals surface area contributed by atoms with Crippen LogP contribution in [0.15, 0.2) is 57.9 Å². The van der Waals surface area contributed by atoms with Crippen molar-refractivity contribution in [2.45, 2.75) is 26.8 Å². The van der Waals surface area contributed by atoms with Gasteiger partial charge in [0, 0.05) is 41.6 Å². The molecule has 2 aromatic carbocycles. The maximum atomic E-state index is 12.5. The van der Waals surface area contributed by atoms with Crippen molar-refractivity contribution in [1.29, 1.82) is 0 Å². The summed E-state index contributed by atoms with van der Waals surface area (Å²) in [6.45, 7) is 5.06. The van der Waals surface area contributed by atoms with Gasteiger partial charge in [-0.1, -0.05) is 12.1 Å². The van der Waals surface area contributed by atoms with Crippen LogP contribution in [-0.2, 0) is 17.8 Å². The van der Waals surface area contributed by atoms with Gasteiger partial charge in [-0.15, -0.1) is 0 Å². The topological polar surface area (TPSA) is 73.5 Å². The highest BCUT2D eigenvalue weighted by Crippen LogP contribution is 2.24. The summed E-state index contributed by atoms with van der Waals surface area (Å²) in [6, 6.07) is 13.6. The maximum absolute atomic E-state index is 12.5. The van der Waals surface area contributed by atoms with E-state index in [4.69, 9.17) is 9.15 Å². The summed E-state index contributed by atoms with van der Waals surface area (Å²) in [4.78, 5) is 24.9. The summed E-state index contributed by atoms with van der Waals surface area (Å²) >= 11 is 0. The molecule has 2 heterocycles. The molecule has 1 N–H and O–H groups in total. The molecule has 4 aromatic rings. The third-order valence-corrected chi connectivity index (χ3v) is 5.54. The van der Waals surface area contributed by atoms with E-state index in [-0.39, 0.29) is 12.3 Å². The van der Waals surface area contributed by atoms with Gasteiger partial charge in [0.15, 0.2) is 0 Å². The van der Waals surface area contributed by atoms with Crippen LogP contribution in [0.3, 0.4) is 0 Å². The van der Waals surface area contributed by atoms with Crippen molar-refractivity contribution in [1.82, 2.24) is 9.88 Å². The third kappa shape index (κ3) is 3.68. The van der Waals surface area contributed by atoms with Crippen LogP contribution < -0.4 is 15.7 Å². The van der Waals surface area contributed by atoms with Crippen LogP contribution in [0.4, 0.5) is 0 Å². The van der Waals surface area contributed by atoms with Crippen LogP contribution in [0.2, 0.25) is 0 Å². The van der Waals surface area contributed by atoms with Crippen LogP contribution in [0.1, 0.15) is 16.7 Å². The van der Waals surface area contributed by atoms with Crippen molar-refractivity contribution in [3.63, 3.8) is 0 Å². The zero-order valence-electron chi connectivity index (χ0n) is 17.3. The number of nitrogens with one attached hydrogen (secondary N) is 1. The molecule has 0 saturated heterocycles. The Labute approximate surface area is 174 Å². The Morgan fingerprint density at radius 2 is 1.97 bits per heavy atom. The number of nitrogens with zero attached hydrogens (tertiary/aromatic N) is 1. The fourth-order valence-electron chi connectivity index (χ4n) is 3.82. The minimum atomic E-state index is -0.490. The minimum absolute atomic E-state index is 0.0122. The number of fused-ring (bicyclic) bond motifs is 2. The maximum Gasteiger partial charge on any atom is 0.340 e. The number of carbonyl (C=O) groups is 1. The lowest BCUT2D eigenvalue weighted by molar-refractivity contribution is -0.120. The molecule has 0 atom stereocenters. The summed E-state index contributed by atoms with van der Waals surface area (Å²) in [5, 5.41) is 4.92. The molecule has 4 rings (SSSR count). The van der Waals surface area contributed by atoms with Gasteiger partial charge < -0.3 is 19.0 Å². The molecule has 0 aliphatic carbocycles. The predicted octanol–water partition coefficient (Wildman–Crippen LogP) is 3.73. The van der Waals surface area contributed by atoms with Crippen LogP contribution in [0.25, 0.3) is 21.9 Å². The summed E-state index contributed by atoms with van der Waals surface area (Å²) in [5.74, 6) is 0.411. The number of methoxy groups -OCH3 is 1. The van der Waals surface area contributed by atoms with Crippen molar-refractivity contribution in [3.05, 3.63) is 75.8 Å². The lowest BCUT2D eigenvalue weighted by Crippen LogP contribution is -2.30. The standard InChI is InChI=1S/C24H24N2O4/c1-15-5-4-6-21-18(15)9-11-26(21)12-10-25-23(27)14-20-16(2)19-8-7-17(29-3)13-22(19)30-24(20)28/h4-9,11,13H,10,12,14H2,1-3H3,(H,25,27). The molecular formula is C24H24N2O4. The molecule has 0 unspecified atom stereocenters. The quantitative estimate of drug-likeness (QED) is 0.497.